The molecule has 0 amide bonds. The lowest BCUT2D eigenvalue weighted by Gasteiger charge is -2.37. The van der Waals surface area contributed by atoms with Crippen LogP contribution in [-0.4, -0.2) is 43.5 Å². The topological polar surface area (TPSA) is 54.2 Å². The first-order chi connectivity index (χ1) is 9.79. The van der Waals surface area contributed by atoms with E-state index in [-0.39, 0.29) is 6.10 Å². The average Bonchev–Trinajstić information content (AvgIpc) is 3.09. The molecular weight excluding hydrogens is 252 g/mol. The van der Waals surface area contributed by atoms with E-state index in [1.54, 1.807) is 6.33 Å². The van der Waals surface area contributed by atoms with Crippen LogP contribution < -0.4 is 0 Å². The van der Waals surface area contributed by atoms with Crippen molar-refractivity contribution in [3.63, 3.8) is 0 Å². The quantitative estimate of drug-likeness (QED) is 0.912. The predicted octanol–water partition coefficient (Wildman–Crippen LogP) is 1.81. The van der Waals surface area contributed by atoms with E-state index in [1.165, 1.54) is 32.1 Å². The molecule has 5 heteroatoms. The number of likely N-dealkylation sites (tertiary alicyclic amines) is 1. The molecule has 0 spiro atoms. The van der Waals surface area contributed by atoms with Gasteiger partial charge in [-0.05, 0) is 39.2 Å². The lowest BCUT2D eigenvalue weighted by atomic mass is 9.80. The maximum atomic E-state index is 10.3. The van der Waals surface area contributed by atoms with Crippen LogP contribution in [0.4, 0.5) is 0 Å². The van der Waals surface area contributed by atoms with Crippen LogP contribution in [0.15, 0.2) is 6.33 Å². The Balaban J connectivity index is 1.69. The molecule has 0 aromatic carbocycles. The molecule has 5 nitrogen and oxygen atoms in total. The van der Waals surface area contributed by atoms with Crippen molar-refractivity contribution in [1.82, 2.24) is 19.7 Å². The van der Waals surface area contributed by atoms with E-state index in [2.05, 4.69) is 21.9 Å². The van der Waals surface area contributed by atoms with Crippen LogP contribution in [0.2, 0.25) is 0 Å². The fraction of sp³-hybridized carbons (Fsp3) is 0.867. The van der Waals surface area contributed by atoms with Gasteiger partial charge in [-0.1, -0.05) is 12.8 Å². The number of hydrogen-bond donors (Lipinski definition) is 1. The van der Waals surface area contributed by atoms with Crippen LogP contribution in [0, 0.1) is 5.92 Å². The number of aromatic nitrogens is 3. The molecule has 1 N–H and O–H groups in total. The minimum Gasteiger partial charge on any atom is -0.393 e. The molecule has 112 valence electrons. The molecule has 2 fully saturated rings. The maximum Gasteiger partial charge on any atom is 0.141 e. The molecule has 1 saturated heterocycles. The van der Waals surface area contributed by atoms with E-state index in [1.807, 2.05) is 4.68 Å². The van der Waals surface area contributed by atoms with Crippen LogP contribution in [0.3, 0.4) is 0 Å². The van der Waals surface area contributed by atoms with Crippen molar-refractivity contribution in [3.8, 4) is 0 Å². The van der Waals surface area contributed by atoms with Gasteiger partial charge in [-0.3, -0.25) is 4.90 Å². The van der Waals surface area contributed by atoms with Gasteiger partial charge in [0.1, 0.15) is 12.2 Å². The minimum absolute atomic E-state index is 0.0987. The first-order valence-corrected chi connectivity index (χ1v) is 8.08. The second kappa shape index (κ2) is 6.22. The van der Waals surface area contributed by atoms with Crippen molar-refractivity contribution in [2.75, 3.05) is 6.54 Å². The van der Waals surface area contributed by atoms with Gasteiger partial charge >= 0.3 is 0 Å². The highest BCUT2D eigenvalue weighted by Gasteiger charge is 2.37. The number of aliphatic hydroxyl groups is 1. The highest BCUT2D eigenvalue weighted by atomic mass is 16.3. The third kappa shape index (κ3) is 2.74. The molecule has 3 unspecified atom stereocenters. The zero-order chi connectivity index (χ0) is 13.9. The summed E-state index contributed by atoms with van der Waals surface area (Å²) < 4.78 is 1.98. The second-order valence-corrected chi connectivity index (χ2v) is 6.19. The number of aliphatic hydroxyl groups excluding tert-OH is 1. The van der Waals surface area contributed by atoms with Gasteiger partial charge in [-0.25, -0.2) is 9.67 Å². The molecule has 2 aliphatic rings. The summed E-state index contributed by atoms with van der Waals surface area (Å²) in [7, 11) is 0. The van der Waals surface area contributed by atoms with Crippen LogP contribution in [0.25, 0.3) is 0 Å². The average molecular weight is 278 g/mol. The van der Waals surface area contributed by atoms with Crippen LogP contribution in [0.5, 0.6) is 0 Å². The summed E-state index contributed by atoms with van der Waals surface area (Å²) in [5.41, 5.74) is 0. The van der Waals surface area contributed by atoms with E-state index in [0.717, 1.165) is 31.9 Å². The molecule has 1 aromatic heterocycles. The maximum absolute atomic E-state index is 10.3. The molecule has 0 radical (unpaired) electrons. The molecule has 1 aliphatic carbocycles. The van der Waals surface area contributed by atoms with Crippen molar-refractivity contribution in [2.24, 2.45) is 5.92 Å². The molecule has 0 bridgehead atoms. The number of nitrogens with zero attached hydrogens (tertiary/aromatic N) is 4. The Labute approximate surface area is 121 Å². The highest BCUT2D eigenvalue weighted by Crippen LogP contribution is 2.35. The molecule has 3 rings (SSSR count). The van der Waals surface area contributed by atoms with Gasteiger partial charge in [0, 0.05) is 18.5 Å². The predicted molar refractivity (Wildman–Crippen MR) is 77.1 cm³/mol. The summed E-state index contributed by atoms with van der Waals surface area (Å²) in [6, 6.07) is 0.535. The summed E-state index contributed by atoms with van der Waals surface area (Å²) in [6.45, 7) is 4.98. The Hall–Kier alpha value is -0.940. The summed E-state index contributed by atoms with van der Waals surface area (Å²) in [6.07, 6.45) is 8.66. The van der Waals surface area contributed by atoms with Crippen LogP contribution in [-0.2, 0) is 13.1 Å². The summed E-state index contributed by atoms with van der Waals surface area (Å²) >= 11 is 0. The fourth-order valence-corrected chi connectivity index (χ4v) is 3.98. The minimum atomic E-state index is -0.0987. The SMILES string of the molecule is CCn1ncnc1CN1CCCC1C1CCCCC1O. The van der Waals surface area contributed by atoms with E-state index in [0.29, 0.717) is 12.0 Å². The molecule has 1 aliphatic heterocycles. The number of aryl methyl sites for hydroxylation is 1. The fourth-order valence-electron chi connectivity index (χ4n) is 3.98. The Kier molecular flexibility index (Phi) is 4.36. The molecular formula is C15H26N4O. The van der Waals surface area contributed by atoms with Crippen molar-refractivity contribution < 1.29 is 5.11 Å². The summed E-state index contributed by atoms with van der Waals surface area (Å²) in [4.78, 5) is 6.92. The van der Waals surface area contributed by atoms with E-state index < -0.39 is 0 Å². The monoisotopic (exact) mass is 278 g/mol. The van der Waals surface area contributed by atoms with Crippen molar-refractivity contribution >= 4 is 0 Å². The van der Waals surface area contributed by atoms with E-state index in [9.17, 15) is 5.11 Å². The lowest BCUT2D eigenvalue weighted by molar-refractivity contribution is 0.0192. The third-order valence-electron chi connectivity index (χ3n) is 5.03. The number of hydrogen-bond acceptors (Lipinski definition) is 4. The molecule has 20 heavy (non-hydrogen) atoms. The third-order valence-corrected chi connectivity index (χ3v) is 5.03. The summed E-state index contributed by atoms with van der Waals surface area (Å²) in [5, 5.41) is 14.6. The van der Waals surface area contributed by atoms with Crippen LogP contribution in [0.1, 0.15) is 51.3 Å². The Bertz CT molecular complexity index is 433. The van der Waals surface area contributed by atoms with Crippen molar-refractivity contribution in [1.29, 1.82) is 0 Å². The Morgan fingerprint density at radius 1 is 1.25 bits per heavy atom. The molecule has 1 saturated carbocycles. The van der Waals surface area contributed by atoms with Gasteiger partial charge in [0.05, 0.1) is 12.6 Å². The van der Waals surface area contributed by atoms with E-state index >= 15 is 0 Å². The van der Waals surface area contributed by atoms with Crippen LogP contribution >= 0.6 is 0 Å². The zero-order valence-electron chi connectivity index (χ0n) is 12.4. The van der Waals surface area contributed by atoms with Gasteiger partial charge in [-0.2, -0.15) is 5.10 Å². The lowest BCUT2D eigenvalue weighted by Crippen LogP contribution is -2.42. The van der Waals surface area contributed by atoms with Crippen molar-refractivity contribution in [3.05, 3.63) is 12.2 Å². The largest absolute Gasteiger partial charge is 0.393 e. The number of rotatable bonds is 4. The molecule has 3 atom stereocenters. The van der Waals surface area contributed by atoms with Gasteiger partial charge in [0.25, 0.3) is 0 Å². The molecule has 2 heterocycles. The zero-order valence-corrected chi connectivity index (χ0v) is 12.4. The summed E-state index contributed by atoms with van der Waals surface area (Å²) in [5.74, 6) is 1.52. The van der Waals surface area contributed by atoms with Gasteiger partial charge in [0.2, 0.25) is 0 Å². The second-order valence-electron chi connectivity index (χ2n) is 6.19. The van der Waals surface area contributed by atoms with Gasteiger partial charge in [0.15, 0.2) is 0 Å². The Morgan fingerprint density at radius 2 is 2.10 bits per heavy atom. The van der Waals surface area contributed by atoms with Crippen molar-refractivity contribution in [2.45, 2.75) is 70.7 Å². The first-order valence-electron chi connectivity index (χ1n) is 8.08. The smallest absolute Gasteiger partial charge is 0.141 e. The van der Waals surface area contributed by atoms with Gasteiger partial charge < -0.3 is 5.11 Å². The highest BCUT2D eigenvalue weighted by molar-refractivity contribution is 4.94. The normalized spacial score (nSPS) is 31.8. The van der Waals surface area contributed by atoms with Gasteiger partial charge in [-0.15, -0.1) is 0 Å². The van der Waals surface area contributed by atoms with E-state index in [4.69, 9.17) is 0 Å². The molecule has 1 aromatic rings. The standard InChI is InChI=1S/C15H26N4O/c1-2-19-15(16-11-17-19)10-18-9-5-7-13(18)12-6-3-4-8-14(12)20/h11-14,20H,2-10H2,1H3. The first kappa shape index (κ1) is 14.0. The Morgan fingerprint density at radius 3 is 2.90 bits per heavy atom.